The van der Waals surface area contributed by atoms with Crippen LogP contribution in [0, 0.1) is 0 Å². The van der Waals surface area contributed by atoms with Crippen LogP contribution >= 0.6 is 24.0 Å². The maximum absolute atomic E-state index is 12.8. The van der Waals surface area contributed by atoms with Crippen LogP contribution in [0.25, 0.3) is 0 Å². The molecular weight excluding hydrogens is 397 g/mol. The third kappa shape index (κ3) is 4.61. The number of carbonyl (C=O) groups is 1. The number of rotatable bonds is 4. The summed E-state index contributed by atoms with van der Waals surface area (Å²) in [6.45, 7) is 3.45. The highest BCUT2D eigenvalue weighted by Gasteiger charge is 2.28. The van der Waals surface area contributed by atoms with Crippen molar-refractivity contribution in [3.63, 3.8) is 0 Å². The summed E-state index contributed by atoms with van der Waals surface area (Å²) < 4.78 is 5.69. The van der Waals surface area contributed by atoms with E-state index in [4.69, 9.17) is 16.3 Å². The molecular formula is C21H25Cl2N3O2. The highest BCUT2D eigenvalue weighted by molar-refractivity contribution is 6.31. The Morgan fingerprint density at radius 3 is 2.75 bits per heavy atom. The molecule has 0 aromatic heterocycles. The second-order valence-corrected chi connectivity index (χ2v) is 7.41. The van der Waals surface area contributed by atoms with Crippen LogP contribution in [0.1, 0.15) is 29.6 Å². The van der Waals surface area contributed by atoms with E-state index in [-0.39, 0.29) is 30.4 Å². The fourth-order valence-electron chi connectivity index (χ4n) is 3.90. The Balaban J connectivity index is 0.00000225. The molecule has 2 aliphatic heterocycles. The molecule has 2 N–H and O–H groups in total. The van der Waals surface area contributed by atoms with E-state index in [9.17, 15) is 4.79 Å². The van der Waals surface area contributed by atoms with Crippen molar-refractivity contribution in [1.29, 1.82) is 0 Å². The number of amides is 1. The molecule has 0 spiro atoms. The highest BCUT2D eigenvalue weighted by Crippen LogP contribution is 2.32. The van der Waals surface area contributed by atoms with Gasteiger partial charge in [-0.05, 0) is 17.7 Å². The molecule has 2 atom stereocenters. The first-order valence-electron chi connectivity index (χ1n) is 9.42. The standard InChI is InChI=1S/C21H24ClN3O2.ClH/c22-17-7-3-1-5-15(17)19-13-23-10-11-25(19)14-21(26)24-18-9-12-27-20-8-4-2-6-16(18)20;/h1-8,18-19,23H,9-14H2,(H,24,26);1H. The molecule has 150 valence electrons. The molecule has 0 radical (unpaired) electrons. The average Bonchev–Trinajstić information content (AvgIpc) is 2.69. The molecule has 0 aliphatic carbocycles. The number of para-hydroxylation sites is 1. The molecule has 2 aliphatic rings. The van der Waals surface area contributed by atoms with E-state index >= 15 is 0 Å². The molecule has 2 aromatic rings. The van der Waals surface area contributed by atoms with Crippen molar-refractivity contribution in [3.8, 4) is 5.75 Å². The number of carbonyl (C=O) groups excluding carboxylic acids is 1. The lowest BCUT2D eigenvalue weighted by Crippen LogP contribution is -2.50. The molecule has 7 heteroatoms. The number of piperazine rings is 1. The van der Waals surface area contributed by atoms with Crippen LogP contribution in [0.3, 0.4) is 0 Å². The lowest BCUT2D eigenvalue weighted by Gasteiger charge is -2.37. The Labute approximate surface area is 176 Å². The molecule has 1 saturated heterocycles. The van der Waals surface area contributed by atoms with E-state index < -0.39 is 0 Å². The monoisotopic (exact) mass is 421 g/mol. The van der Waals surface area contributed by atoms with Crippen LogP contribution in [-0.4, -0.2) is 43.6 Å². The van der Waals surface area contributed by atoms with E-state index in [1.165, 1.54) is 0 Å². The number of ether oxygens (including phenoxy) is 1. The predicted molar refractivity (Wildman–Crippen MR) is 113 cm³/mol. The smallest absolute Gasteiger partial charge is 0.234 e. The second-order valence-electron chi connectivity index (χ2n) is 7.01. The topological polar surface area (TPSA) is 53.6 Å². The van der Waals surface area contributed by atoms with Crippen molar-refractivity contribution in [1.82, 2.24) is 15.5 Å². The number of fused-ring (bicyclic) bond motifs is 1. The van der Waals surface area contributed by atoms with Gasteiger partial charge >= 0.3 is 0 Å². The lowest BCUT2D eigenvalue weighted by atomic mass is 10.0. The summed E-state index contributed by atoms with van der Waals surface area (Å²) in [5.74, 6) is 0.904. The summed E-state index contributed by atoms with van der Waals surface area (Å²) in [7, 11) is 0. The van der Waals surface area contributed by atoms with Crippen molar-refractivity contribution in [2.45, 2.75) is 18.5 Å². The summed E-state index contributed by atoms with van der Waals surface area (Å²) in [5, 5.41) is 7.35. The van der Waals surface area contributed by atoms with Crippen molar-refractivity contribution < 1.29 is 9.53 Å². The fourth-order valence-corrected chi connectivity index (χ4v) is 4.17. The Morgan fingerprint density at radius 1 is 1.18 bits per heavy atom. The van der Waals surface area contributed by atoms with Gasteiger partial charge in [-0.3, -0.25) is 9.69 Å². The molecule has 28 heavy (non-hydrogen) atoms. The molecule has 1 amide bonds. The number of halogens is 2. The minimum atomic E-state index is 0. The van der Waals surface area contributed by atoms with E-state index in [1.807, 2.05) is 48.5 Å². The van der Waals surface area contributed by atoms with Gasteiger partial charge in [0.25, 0.3) is 0 Å². The van der Waals surface area contributed by atoms with Gasteiger partial charge in [-0.2, -0.15) is 0 Å². The van der Waals surface area contributed by atoms with Gasteiger partial charge in [-0.15, -0.1) is 12.4 Å². The zero-order chi connectivity index (χ0) is 18.6. The summed E-state index contributed by atoms with van der Waals surface area (Å²) in [4.78, 5) is 15.0. The largest absolute Gasteiger partial charge is 0.493 e. The van der Waals surface area contributed by atoms with Crippen LogP contribution in [0.5, 0.6) is 5.75 Å². The van der Waals surface area contributed by atoms with Crippen LogP contribution in [0.4, 0.5) is 0 Å². The Morgan fingerprint density at radius 2 is 1.93 bits per heavy atom. The maximum atomic E-state index is 12.8. The van der Waals surface area contributed by atoms with Crippen molar-refractivity contribution >= 4 is 29.9 Å². The van der Waals surface area contributed by atoms with Gasteiger partial charge < -0.3 is 15.4 Å². The molecule has 5 nitrogen and oxygen atoms in total. The van der Waals surface area contributed by atoms with E-state index in [2.05, 4.69) is 15.5 Å². The molecule has 4 rings (SSSR count). The number of benzene rings is 2. The van der Waals surface area contributed by atoms with Crippen molar-refractivity contribution in [3.05, 3.63) is 64.7 Å². The Kier molecular flexibility index (Phi) is 7.18. The number of nitrogens with one attached hydrogen (secondary N) is 2. The quantitative estimate of drug-likeness (QED) is 0.794. The molecule has 1 fully saturated rings. The van der Waals surface area contributed by atoms with Gasteiger partial charge in [-0.1, -0.05) is 48.0 Å². The first kappa shape index (κ1) is 20.9. The molecule has 0 saturated carbocycles. The van der Waals surface area contributed by atoms with E-state index in [0.717, 1.165) is 48.0 Å². The van der Waals surface area contributed by atoms with Crippen LogP contribution in [0.2, 0.25) is 5.02 Å². The third-order valence-corrected chi connectivity index (χ3v) is 5.60. The summed E-state index contributed by atoms with van der Waals surface area (Å²) >= 11 is 6.40. The summed E-state index contributed by atoms with van der Waals surface area (Å²) in [6, 6.07) is 15.9. The second kappa shape index (κ2) is 9.61. The van der Waals surface area contributed by atoms with E-state index in [1.54, 1.807) is 0 Å². The molecule has 0 bridgehead atoms. The maximum Gasteiger partial charge on any atom is 0.234 e. The van der Waals surface area contributed by atoms with Crippen LogP contribution in [0.15, 0.2) is 48.5 Å². The number of hydrogen-bond acceptors (Lipinski definition) is 4. The van der Waals surface area contributed by atoms with Gasteiger partial charge in [0.1, 0.15) is 5.75 Å². The lowest BCUT2D eigenvalue weighted by molar-refractivity contribution is -0.124. The van der Waals surface area contributed by atoms with Crippen molar-refractivity contribution in [2.24, 2.45) is 0 Å². The first-order chi connectivity index (χ1) is 13.2. The molecule has 2 aromatic carbocycles. The van der Waals surface area contributed by atoms with Gasteiger partial charge in [0, 0.05) is 42.7 Å². The van der Waals surface area contributed by atoms with Crippen molar-refractivity contribution in [2.75, 3.05) is 32.8 Å². The minimum absolute atomic E-state index is 0. The number of nitrogens with zero attached hydrogens (tertiary/aromatic N) is 1. The minimum Gasteiger partial charge on any atom is -0.493 e. The molecule has 2 heterocycles. The average molecular weight is 422 g/mol. The van der Waals surface area contributed by atoms with Gasteiger partial charge in [0.15, 0.2) is 0 Å². The summed E-state index contributed by atoms with van der Waals surface area (Å²) in [6.07, 6.45) is 0.790. The SMILES string of the molecule is Cl.O=C(CN1CCNCC1c1ccccc1Cl)NC1CCOc2ccccc21. The van der Waals surface area contributed by atoms with Crippen LogP contribution in [-0.2, 0) is 4.79 Å². The fraction of sp³-hybridized carbons (Fsp3) is 0.381. The first-order valence-corrected chi connectivity index (χ1v) is 9.80. The summed E-state index contributed by atoms with van der Waals surface area (Å²) in [5.41, 5.74) is 2.12. The number of hydrogen-bond donors (Lipinski definition) is 2. The zero-order valence-corrected chi connectivity index (χ0v) is 17.1. The third-order valence-electron chi connectivity index (χ3n) is 5.26. The Hall–Kier alpha value is -1.79. The Bertz CT molecular complexity index is 818. The van der Waals surface area contributed by atoms with Crippen LogP contribution < -0.4 is 15.4 Å². The van der Waals surface area contributed by atoms with E-state index in [0.29, 0.717) is 13.2 Å². The normalized spacial score (nSPS) is 21.8. The zero-order valence-electron chi connectivity index (χ0n) is 15.6. The van der Waals surface area contributed by atoms with Gasteiger partial charge in [0.2, 0.25) is 5.91 Å². The highest BCUT2D eigenvalue weighted by atomic mass is 35.5. The van der Waals surface area contributed by atoms with Gasteiger partial charge in [0.05, 0.1) is 19.2 Å². The predicted octanol–water partition coefficient (Wildman–Crippen LogP) is 3.35. The van der Waals surface area contributed by atoms with Gasteiger partial charge in [-0.25, -0.2) is 0 Å². The molecule has 2 unspecified atom stereocenters.